The summed E-state index contributed by atoms with van der Waals surface area (Å²) in [7, 11) is 1.71. The molecule has 1 N–H and O–H groups in total. The molecule has 1 fully saturated rings. The lowest BCUT2D eigenvalue weighted by atomic mass is 9.98. The molecule has 1 aliphatic rings. The number of methoxy groups -OCH3 is 1. The molecule has 0 spiro atoms. The van der Waals surface area contributed by atoms with E-state index in [0.717, 1.165) is 25.3 Å². The van der Waals surface area contributed by atoms with Crippen molar-refractivity contribution >= 4 is 0 Å². The zero-order valence-electron chi connectivity index (χ0n) is 12.1. The van der Waals surface area contributed by atoms with Gasteiger partial charge in [-0.2, -0.15) is 0 Å². The molecule has 1 heterocycles. The van der Waals surface area contributed by atoms with Crippen LogP contribution in [0, 0.1) is 6.92 Å². The third-order valence-electron chi connectivity index (χ3n) is 4.06. The Morgan fingerprint density at radius 2 is 2.21 bits per heavy atom. The number of aliphatic hydroxyl groups is 1. The number of ether oxygens (including phenoxy) is 1. The van der Waals surface area contributed by atoms with E-state index in [1.165, 1.54) is 30.4 Å². The fourth-order valence-electron chi connectivity index (χ4n) is 3.02. The maximum absolute atomic E-state index is 9.17. The Kier molecular flexibility index (Phi) is 5.23. The standard InChI is InChI=1S/C16H25NO2/c1-13-11-14(6-7-16(13)19-2)12-17-9-4-3-5-15(17)8-10-18/h6-7,11,15,18H,3-5,8-10,12H2,1-2H3. The van der Waals surface area contributed by atoms with Gasteiger partial charge < -0.3 is 9.84 Å². The number of nitrogens with zero attached hydrogens (tertiary/aromatic N) is 1. The molecule has 3 heteroatoms. The minimum absolute atomic E-state index is 0.294. The van der Waals surface area contributed by atoms with Crippen molar-refractivity contribution in [3.8, 4) is 5.75 Å². The number of piperidine rings is 1. The van der Waals surface area contributed by atoms with Gasteiger partial charge in [-0.15, -0.1) is 0 Å². The van der Waals surface area contributed by atoms with E-state index in [2.05, 4.69) is 30.0 Å². The van der Waals surface area contributed by atoms with Gasteiger partial charge in [-0.1, -0.05) is 18.6 Å². The fraction of sp³-hybridized carbons (Fsp3) is 0.625. The third-order valence-corrected chi connectivity index (χ3v) is 4.06. The van der Waals surface area contributed by atoms with Crippen molar-refractivity contribution in [2.45, 2.75) is 45.2 Å². The van der Waals surface area contributed by atoms with E-state index in [9.17, 15) is 5.11 Å². The molecule has 0 amide bonds. The van der Waals surface area contributed by atoms with Gasteiger partial charge in [0.15, 0.2) is 0 Å². The molecule has 0 radical (unpaired) electrons. The smallest absolute Gasteiger partial charge is 0.121 e. The second-order valence-electron chi connectivity index (χ2n) is 5.44. The summed E-state index contributed by atoms with van der Waals surface area (Å²) >= 11 is 0. The lowest BCUT2D eigenvalue weighted by Crippen LogP contribution is -2.39. The summed E-state index contributed by atoms with van der Waals surface area (Å²) in [6.45, 7) is 4.51. The highest BCUT2D eigenvalue weighted by atomic mass is 16.5. The van der Waals surface area contributed by atoms with Crippen molar-refractivity contribution in [1.82, 2.24) is 4.90 Å². The third kappa shape index (κ3) is 3.71. The van der Waals surface area contributed by atoms with E-state index < -0.39 is 0 Å². The first-order chi connectivity index (χ1) is 9.24. The van der Waals surface area contributed by atoms with E-state index in [4.69, 9.17) is 4.74 Å². The van der Waals surface area contributed by atoms with Gasteiger partial charge in [-0.05, 0) is 49.9 Å². The van der Waals surface area contributed by atoms with Crippen LogP contribution in [0.2, 0.25) is 0 Å². The molecule has 0 aromatic heterocycles. The average Bonchev–Trinajstić information content (AvgIpc) is 2.41. The van der Waals surface area contributed by atoms with Gasteiger partial charge in [-0.25, -0.2) is 0 Å². The Morgan fingerprint density at radius 3 is 2.89 bits per heavy atom. The molecular formula is C16H25NO2. The molecule has 1 aliphatic heterocycles. The Morgan fingerprint density at radius 1 is 1.37 bits per heavy atom. The first-order valence-electron chi connectivity index (χ1n) is 7.23. The van der Waals surface area contributed by atoms with Crippen molar-refractivity contribution in [1.29, 1.82) is 0 Å². The summed E-state index contributed by atoms with van der Waals surface area (Å²) in [5.74, 6) is 0.953. The van der Waals surface area contributed by atoms with Gasteiger partial charge in [-0.3, -0.25) is 4.90 Å². The zero-order chi connectivity index (χ0) is 13.7. The second kappa shape index (κ2) is 6.92. The summed E-state index contributed by atoms with van der Waals surface area (Å²) in [5.41, 5.74) is 2.53. The monoisotopic (exact) mass is 263 g/mol. The number of hydrogen-bond donors (Lipinski definition) is 1. The lowest BCUT2D eigenvalue weighted by Gasteiger charge is -2.35. The highest BCUT2D eigenvalue weighted by molar-refractivity contribution is 5.36. The molecule has 2 rings (SSSR count). The predicted octanol–water partition coefficient (Wildman–Crippen LogP) is 2.74. The Labute approximate surface area is 116 Å². The maximum Gasteiger partial charge on any atom is 0.121 e. The van der Waals surface area contributed by atoms with Crippen LogP contribution in [0.5, 0.6) is 5.75 Å². The summed E-state index contributed by atoms with van der Waals surface area (Å²) in [5, 5.41) is 9.17. The molecule has 19 heavy (non-hydrogen) atoms. The van der Waals surface area contributed by atoms with Crippen LogP contribution in [0.4, 0.5) is 0 Å². The Bertz CT molecular complexity index is 404. The molecule has 1 saturated heterocycles. The van der Waals surface area contributed by atoms with E-state index in [-0.39, 0.29) is 0 Å². The van der Waals surface area contributed by atoms with Crippen LogP contribution in [-0.2, 0) is 6.54 Å². The molecule has 1 aromatic carbocycles. The van der Waals surface area contributed by atoms with Crippen molar-refractivity contribution in [3.05, 3.63) is 29.3 Å². The molecule has 0 saturated carbocycles. The van der Waals surface area contributed by atoms with E-state index >= 15 is 0 Å². The summed E-state index contributed by atoms with van der Waals surface area (Å²) < 4.78 is 5.30. The van der Waals surface area contributed by atoms with Gasteiger partial charge in [0, 0.05) is 19.2 Å². The fourth-order valence-corrected chi connectivity index (χ4v) is 3.02. The van der Waals surface area contributed by atoms with E-state index in [1.54, 1.807) is 7.11 Å². The van der Waals surface area contributed by atoms with Gasteiger partial charge in [0.1, 0.15) is 5.75 Å². The minimum Gasteiger partial charge on any atom is -0.496 e. The average molecular weight is 263 g/mol. The number of aryl methyl sites for hydroxylation is 1. The maximum atomic E-state index is 9.17. The Balaban J connectivity index is 2.04. The molecular weight excluding hydrogens is 238 g/mol. The van der Waals surface area contributed by atoms with Crippen molar-refractivity contribution in [3.63, 3.8) is 0 Å². The van der Waals surface area contributed by atoms with Gasteiger partial charge in [0.25, 0.3) is 0 Å². The second-order valence-corrected chi connectivity index (χ2v) is 5.44. The first kappa shape index (κ1) is 14.4. The lowest BCUT2D eigenvalue weighted by molar-refractivity contribution is 0.112. The van der Waals surface area contributed by atoms with Gasteiger partial charge >= 0.3 is 0 Å². The number of likely N-dealkylation sites (tertiary alicyclic amines) is 1. The van der Waals surface area contributed by atoms with Crippen molar-refractivity contribution in [2.75, 3.05) is 20.3 Å². The highest BCUT2D eigenvalue weighted by Crippen LogP contribution is 2.24. The van der Waals surface area contributed by atoms with Crippen LogP contribution < -0.4 is 4.74 Å². The van der Waals surface area contributed by atoms with Crippen molar-refractivity contribution in [2.24, 2.45) is 0 Å². The number of rotatable bonds is 5. The molecule has 1 unspecified atom stereocenters. The number of hydrogen-bond acceptors (Lipinski definition) is 3. The van der Waals surface area contributed by atoms with Crippen LogP contribution >= 0.6 is 0 Å². The predicted molar refractivity (Wildman–Crippen MR) is 77.5 cm³/mol. The quantitative estimate of drug-likeness (QED) is 0.886. The summed E-state index contributed by atoms with van der Waals surface area (Å²) in [6, 6.07) is 6.95. The molecule has 3 nitrogen and oxygen atoms in total. The zero-order valence-corrected chi connectivity index (χ0v) is 12.1. The molecule has 106 valence electrons. The van der Waals surface area contributed by atoms with Crippen LogP contribution in [-0.4, -0.2) is 36.3 Å². The first-order valence-corrected chi connectivity index (χ1v) is 7.23. The van der Waals surface area contributed by atoms with Crippen LogP contribution in [0.3, 0.4) is 0 Å². The van der Waals surface area contributed by atoms with E-state index in [1.807, 2.05) is 0 Å². The topological polar surface area (TPSA) is 32.7 Å². The molecule has 1 atom stereocenters. The van der Waals surface area contributed by atoms with Gasteiger partial charge in [0.2, 0.25) is 0 Å². The van der Waals surface area contributed by atoms with Crippen molar-refractivity contribution < 1.29 is 9.84 Å². The van der Waals surface area contributed by atoms with Crippen LogP contribution in [0.25, 0.3) is 0 Å². The normalized spacial score (nSPS) is 20.5. The molecule has 1 aromatic rings. The SMILES string of the molecule is COc1ccc(CN2CCCCC2CCO)cc1C. The molecule has 0 bridgehead atoms. The van der Waals surface area contributed by atoms with E-state index in [0.29, 0.717) is 12.6 Å². The van der Waals surface area contributed by atoms with Crippen LogP contribution in [0.1, 0.15) is 36.8 Å². The minimum atomic E-state index is 0.294. The summed E-state index contributed by atoms with van der Waals surface area (Å²) in [4.78, 5) is 2.51. The highest BCUT2D eigenvalue weighted by Gasteiger charge is 2.21. The largest absolute Gasteiger partial charge is 0.496 e. The Hall–Kier alpha value is -1.06. The van der Waals surface area contributed by atoms with Gasteiger partial charge in [0.05, 0.1) is 7.11 Å². The summed E-state index contributed by atoms with van der Waals surface area (Å²) in [6.07, 6.45) is 4.69. The van der Waals surface area contributed by atoms with Crippen LogP contribution in [0.15, 0.2) is 18.2 Å². The number of benzene rings is 1. The molecule has 0 aliphatic carbocycles. The number of aliphatic hydroxyl groups excluding tert-OH is 1.